The Kier molecular flexibility index (Phi) is 4.94. The van der Waals surface area contributed by atoms with Crippen LogP contribution in [-0.2, 0) is 0 Å². The number of rotatable bonds is 6. The van der Waals surface area contributed by atoms with Crippen molar-refractivity contribution in [2.24, 2.45) is 0 Å². The van der Waals surface area contributed by atoms with Gasteiger partial charge in [-0.2, -0.15) is 0 Å². The second-order valence-corrected chi connectivity index (χ2v) is 4.61. The maximum absolute atomic E-state index is 12.0. The van der Waals surface area contributed by atoms with Gasteiger partial charge in [-0.05, 0) is 35.7 Å². The van der Waals surface area contributed by atoms with Crippen molar-refractivity contribution in [1.82, 2.24) is 0 Å². The molecule has 20 heavy (non-hydrogen) atoms. The van der Waals surface area contributed by atoms with Crippen molar-refractivity contribution in [3.8, 4) is 16.9 Å². The summed E-state index contributed by atoms with van der Waals surface area (Å²) in [6.07, 6.45) is 1.46. The minimum atomic E-state index is 0.112. The van der Waals surface area contributed by atoms with Crippen LogP contribution in [0.1, 0.15) is 37.0 Å². The Morgan fingerprint density at radius 3 is 2.80 bits per heavy atom. The molecule has 0 aliphatic carbocycles. The number of Topliss-reactive ketones (excluding diaryl/α,β-unsaturated/α-hetero) is 1. The third-order valence-electron chi connectivity index (χ3n) is 3.07. The predicted octanol–water partition coefficient (Wildman–Crippen LogP) is 4.54. The largest absolute Gasteiger partial charge is 0.494 e. The lowest BCUT2D eigenvalue weighted by molar-refractivity contribution is 0.0988. The van der Waals surface area contributed by atoms with Gasteiger partial charge in [-0.15, -0.1) is 0 Å². The van der Waals surface area contributed by atoms with E-state index in [-0.39, 0.29) is 5.78 Å². The summed E-state index contributed by atoms with van der Waals surface area (Å²) >= 11 is 0. The Hall–Kier alpha value is -2.09. The molecule has 0 fully saturated rings. The zero-order valence-corrected chi connectivity index (χ0v) is 12.0. The third-order valence-corrected chi connectivity index (χ3v) is 3.07. The standard InChI is InChI=1S/C18H19O2/c1-3-12-20-15-9-7-8-14(13-15)16-10-5-6-11-17(16)18(19)4-2/h5-10,13H,3-4,12H2,1-2H3. The van der Waals surface area contributed by atoms with Crippen LogP contribution in [0.25, 0.3) is 11.1 Å². The van der Waals surface area contributed by atoms with Gasteiger partial charge in [0.05, 0.1) is 6.61 Å². The molecule has 0 aliphatic rings. The van der Waals surface area contributed by atoms with Crippen LogP contribution in [-0.4, -0.2) is 12.4 Å². The van der Waals surface area contributed by atoms with Crippen LogP contribution in [0.4, 0.5) is 0 Å². The maximum Gasteiger partial charge on any atom is 0.163 e. The Bertz CT molecular complexity index is 587. The van der Waals surface area contributed by atoms with Crippen molar-refractivity contribution in [3.05, 3.63) is 54.1 Å². The predicted molar refractivity (Wildman–Crippen MR) is 81.1 cm³/mol. The molecule has 0 unspecified atom stereocenters. The van der Waals surface area contributed by atoms with Crippen molar-refractivity contribution in [2.45, 2.75) is 26.7 Å². The van der Waals surface area contributed by atoms with Gasteiger partial charge in [0.25, 0.3) is 0 Å². The van der Waals surface area contributed by atoms with Crippen molar-refractivity contribution >= 4 is 5.78 Å². The van der Waals surface area contributed by atoms with Crippen molar-refractivity contribution in [2.75, 3.05) is 6.61 Å². The average molecular weight is 267 g/mol. The van der Waals surface area contributed by atoms with Crippen LogP contribution in [0.2, 0.25) is 0 Å². The second kappa shape index (κ2) is 6.90. The zero-order chi connectivity index (χ0) is 14.4. The summed E-state index contributed by atoms with van der Waals surface area (Å²) in [5.41, 5.74) is 2.57. The molecule has 2 aromatic carbocycles. The average Bonchev–Trinajstić information content (AvgIpc) is 2.52. The summed E-state index contributed by atoms with van der Waals surface area (Å²) in [5, 5.41) is 0. The molecule has 0 atom stereocenters. The normalized spacial score (nSPS) is 10.3. The highest BCUT2D eigenvalue weighted by atomic mass is 16.5. The van der Waals surface area contributed by atoms with Crippen molar-refractivity contribution in [1.29, 1.82) is 0 Å². The molecule has 2 aromatic rings. The Morgan fingerprint density at radius 2 is 2.05 bits per heavy atom. The fourth-order valence-corrected chi connectivity index (χ4v) is 2.06. The van der Waals surface area contributed by atoms with Gasteiger partial charge in [-0.1, -0.05) is 44.2 Å². The molecule has 2 nitrogen and oxygen atoms in total. The van der Waals surface area contributed by atoms with Crippen LogP contribution in [0.15, 0.2) is 42.5 Å². The first kappa shape index (κ1) is 14.3. The minimum Gasteiger partial charge on any atom is -0.494 e. The van der Waals surface area contributed by atoms with Gasteiger partial charge in [0.2, 0.25) is 0 Å². The van der Waals surface area contributed by atoms with Crippen molar-refractivity contribution < 1.29 is 9.53 Å². The highest BCUT2D eigenvalue weighted by Gasteiger charge is 2.11. The molecule has 0 spiro atoms. The Balaban J connectivity index is 2.38. The fourth-order valence-electron chi connectivity index (χ4n) is 2.06. The fraction of sp³-hybridized carbons (Fsp3) is 0.278. The number of carbonyl (C=O) groups excluding carboxylic acids is 1. The third kappa shape index (κ3) is 3.27. The molecule has 0 amide bonds. The smallest absolute Gasteiger partial charge is 0.163 e. The van der Waals surface area contributed by atoms with E-state index >= 15 is 0 Å². The SMILES string of the molecule is CCCOc1cccc(-c2ccc[c]c2C(=O)CC)c1. The molecule has 0 aliphatic heterocycles. The van der Waals surface area contributed by atoms with Crippen LogP contribution < -0.4 is 4.74 Å². The van der Waals surface area contributed by atoms with E-state index in [2.05, 4.69) is 13.0 Å². The molecular weight excluding hydrogens is 248 g/mol. The summed E-state index contributed by atoms with van der Waals surface area (Å²) in [6, 6.07) is 16.6. The van der Waals surface area contributed by atoms with Crippen LogP contribution in [0.5, 0.6) is 5.75 Å². The van der Waals surface area contributed by atoms with Crippen molar-refractivity contribution in [3.63, 3.8) is 0 Å². The summed E-state index contributed by atoms with van der Waals surface area (Å²) < 4.78 is 5.65. The first-order chi connectivity index (χ1) is 9.76. The second-order valence-electron chi connectivity index (χ2n) is 4.61. The highest BCUT2D eigenvalue weighted by Crippen LogP contribution is 2.27. The Morgan fingerprint density at radius 1 is 1.20 bits per heavy atom. The van der Waals surface area contributed by atoms with E-state index in [0.29, 0.717) is 18.6 Å². The number of ether oxygens (including phenoxy) is 1. The van der Waals surface area contributed by atoms with Gasteiger partial charge >= 0.3 is 0 Å². The number of ketones is 1. The van der Waals surface area contributed by atoms with Crippen LogP contribution in [0, 0.1) is 6.07 Å². The first-order valence-electron chi connectivity index (χ1n) is 7.03. The molecule has 0 bridgehead atoms. The minimum absolute atomic E-state index is 0.112. The molecule has 1 radical (unpaired) electrons. The Labute approximate surface area is 120 Å². The molecule has 0 heterocycles. The summed E-state index contributed by atoms with van der Waals surface area (Å²) in [6.45, 7) is 4.65. The monoisotopic (exact) mass is 267 g/mol. The first-order valence-corrected chi connectivity index (χ1v) is 7.03. The van der Waals surface area contributed by atoms with E-state index in [0.717, 1.165) is 23.3 Å². The topological polar surface area (TPSA) is 26.3 Å². The molecule has 0 saturated carbocycles. The van der Waals surface area contributed by atoms with E-state index in [4.69, 9.17) is 4.74 Å². The molecule has 0 N–H and O–H groups in total. The quantitative estimate of drug-likeness (QED) is 0.718. The molecule has 2 rings (SSSR count). The summed E-state index contributed by atoms with van der Waals surface area (Å²) in [7, 11) is 0. The van der Waals surface area contributed by atoms with Gasteiger partial charge in [-0.3, -0.25) is 4.79 Å². The molecule has 0 aromatic heterocycles. The van der Waals surface area contributed by atoms with E-state index in [1.807, 2.05) is 43.3 Å². The van der Waals surface area contributed by atoms with Gasteiger partial charge in [-0.25, -0.2) is 0 Å². The van der Waals surface area contributed by atoms with E-state index in [9.17, 15) is 4.79 Å². The number of carbonyl (C=O) groups is 1. The number of hydrogen-bond acceptors (Lipinski definition) is 2. The molecule has 0 saturated heterocycles. The maximum atomic E-state index is 12.0. The molecular formula is C18H19O2. The summed E-state index contributed by atoms with van der Waals surface area (Å²) in [5.74, 6) is 0.948. The lowest BCUT2D eigenvalue weighted by Crippen LogP contribution is -2.00. The molecule has 2 heteroatoms. The van der Waals surface area contributed by atoms with Gasteiger partial charge in [0.15, 0.2) is 5.78 Å². The van der Waals surface area contributed by atoms with Gasteiger partial charge < -0.3 is 4.74 Å². The van der Waals surface area contributed by atoms with Crippen LogP contribution in [0.3, 0.4) is 0 Å². The number of benzene rings is 2. The van der Waals surface area contributed by atoms with Gasteiger partial charge in [0.1, 0.15) is 5.75 Å². The lowest BCUT2D eigenvalue weighted by atomic mass is 9.96. The van der Waals surface area contributed by atoms with Crippen LogP contribution >= 0.6 is 0 Å². The zero-order valence-electron chi connectivity index (χ0n) is 12.0. The van der Waals surface area contributed by atoms with E-state index in [1.165, 1.54) is 0 Å². The number of hydrogen-bond donors (Lipinski definition) is 0. The summed E-state index contributed by atoms with van der Waals surface area (Å²) in [4.78, 5) is 12.0. The van der Waals surface area contributed by atoms with E-state index < -0.39 is 0 Å². The lowest BCUT2D eigenvalue weighted by Gasteiger charge is -2.10. The molecule has 103 valence electrons. The highest BCUT2D eigenvalue weighted by molar-refractivity contribution is 6.01. The van der Waals surface area contributed by atoms with E-state index in [1.54, 1.807) is 6.07 Å². The van der Waals surface area contributed by atoms with Gasteiger partial charge in [0, 0.05) is 12.0 Å².